The van der Waals surface area contributed by atoms with Gasteiger partial charge in [-0.3, -0.25) is 9.48 Å². The number of aryl methyl sites for hydroxylation is 2. The third kappa shape index (κ3) is 3.20. The van der Waals surface area contributed by atoms with Gasteiger partial charge in [0.05, 0.1) is 17.3 Å². The standard InChI is InChI=1S/C19H23N5O/c1-5-24-14(4)17(13(3)23-24)12(2)22-19(25)16-9-7-6-8-15(16)18-20-10-11-21-18/h6-12H,5H2,1-4H3,(H,20,21)(H,22,25)/t12-/m1/s1. The SMILES string of the molecule is CCn1nc(C)c([C@@H](C)NC(=O)c2ccccc2-c2ncc[nH]2)c1C. The van der Waals surface area contributed by atoms with Gasteiger partial charge in [-0.15, -0.1) is 0 Å². The number of benzene rings is 1. The van der Waals surface area contributed by atoms with Crippen LogP contribution in [0.4, 0.5) is 0 Å². The molecule has 0 radical (unpaired) electrons. The van der Waals surface area contributed by atoms with Gasteiger partial charge in [0.15, 0.2) is 0 Å². The zero-order valence-electron chi connectivity index (χ0n) is 15.0. The second-order valence-electron chi connectivity index (χ2n) is 6.08. The number of aromatic amines is 1. The van der Waals surface area contributed by atoms with E-state index in [4.69, 9.17) is 0 Å². The number of amides is 1. The summed E-state index contributed by atoms with van der Waals surface area (Å²) in [5.41, 5.74) is 4.50. The van der Waals surface area contributed by atoms with Gasteiger partial charge in [0.25, 0.3) is 5.91 Å². The van der Waals surface area contributed by atoms with Gasteiger partial charge in [-0.2, -0.15) is 5.10 Å². The van der Waals surface area contributed by atoms with Crippen molar-refractivity contribution < 1.29 is 4.79 Å². The molecule has 3 aromatic rings. The van der Waals surface area contributed by atoms with Gasteiger partial charge < -0.3 is 10.3 Å². The van der Waals surface area contributed by atoms with Crippen molar-refractivity contribution in [3.63, 3.8) is 0 Å². The second kappa shape index (κ2) is 6.93. The lowest BCUT2D eigenvalue weighted by Gasteiger charge is -2.16. The largest absolute Gasteiger partial charge is 0.345 e. The Morgan fingerprint density at radius 3 is 2.72 bits per heavy atom. The predicted octanol–water partition coefficient (Wildman–Crippen LogP) is 3.40. The second-order valence-corrected chi connectivity index (χ2v) is 6.08. The minimum Gasteiger partial charge on any atom is -0.345 e. The Morgan fingerprint density at radius 1 is 1.32 bits per heavy atom. The molecule has 25 heavy (non-hydrogen) atoms. The van der Waals surface area contributed by atoms with Crippen LogP contribution in [0.15, 0.2) is 36.7 Å². The molecule has 3 rings (SSSR count). The molecule has 0 fully saturated rings. The van der Waals surface area contributed by atoms with E-state index >= 15 is 0 Å². The molecule has 2 heterocycles. The summed E-state index contributed by atoms with van der Waals surface area (Å²) in [6.07, 6.45) is 3.43. The molecule has 0 saturated heterocycles. The van der Waals surface area contributed by atoms with Crippen molar-refractivity contribution in [3.05, 3.63) is 59.2 Å². The maximum atomic E-state index is 12.9. The molecule has 0 aliphatic heterocycles. The summed E-state index contributed by atoms with van der Waals surface area (Å²) in [5.74, 6) is 0.562. The molecule has 0 aliphatic carbocycles. The first-order valence-corrected chi connectivity index (χ1v) is 8.46. The summed E-state index contributed by atoms with van der Waals surface area (Å²) in [5, 5.41) is 7.64. The van der Waals surface area contributed by atoms with Gasteiger partial charge in [0.1, 0.15) is 5.82 Å². The van der Waals surface area contributed by atoms with Crippen LogP contribution in [0, 0.1) is 13.8 Å². The van der Waals surface area contributed by atoms with Gasteiger partial charge in [0.2, 0.25) is 0 Å². The highest BCUT2D eigenvalue weighted by atomic mass is 16.1. The van der Waals surface area contributed by atoms with Gasteiger partial charge in [-0.1, -0.05) is 18.2 Å². The van der Waals surface area contributed by atoms with Gasteiger partial charge in [0, 0.05) is 35.8 Å². The number of hydrogen-bond donors (Lipinski definition) is 2. The number of rotatable bonds is 5. The van der Waals surface area contributed by atoms with Crippen LogP contribution in [-0.4, -0.2) is 25.7 Å². The highest BCUT2D eigenvalue weighted by molar-refractivity contribution is 6.00. The minimum absolute atomic E-state index is 0.123. The Kier molecular flexibility index (Phi) is 4.70. The fourth-order valence-corrected chi connectivity index (χ4v) is 3.29. The van der Waals surface area contributed by atoms with Crippen LogP contribution < -0.4 is 5.32 Å². The van der Waals surface area contributed by atoms with Gasteiger partial charge in [-0.05, 0) is 33.8 Å². The van der Waals surface area contributed by atoms with Crippen molar-refractivity contribution in [2.45, 2.75) is 40.3 Å². The van der Waals surface area contributed by atoms with E-state index in [0.29, 0.717) is 11.4 Å². The molecule has 1 aromatic carbocycles. The summed E-state index contributed by atoms with van der Waals surface area (Å²) in [7, 11) is 0. The fraction of sp³-hybridized carbons (Fsp3) is 0.316. The number of aromatic nitrogens is 4. The van der Waals surface area contributed by atoms with E-state index in [2.05, 4.69) is 27.3 Å². The Balaban J connectivity index is 1.88. The van der Waals surface area contributed by atoms with Crippen molar-refractivity contribution in [2.24, 2.45) is 0 Å². The summed E-state index contributed by atoms with van der Waals surface area (Å²) in [4.78, 5) is 20.2. The molecule has 0 spiro atoms. The zero-order valence-corrected chi connectivity index (χ0v) is 15.0. The van der Waals surface area contributed by atoms with Gasteiger partial charge >= 0.3 is 0 Å². The average Bonchev–Trinajstić information content (AvgIpc) is 3.22. The topological polar surface area (TPSA) is 75.6 Å². The lowest BCUT2D eigenvalue weighted by Crippen LogP contribution is -2.28. The Bertz CT molecular complexity index is 879. The number of nitrogens with one attached hydrogen (secondary N) is 2. The fourth-order valence-electron chi connectivity index (χ4n) is 3.29. The first-order valence-electron chi connectivity index (χ1n) is 8.46. The summed E-state index contributed by atoms with van der Waals surface area (Å²) < 4.78 is 1.96. The number of nitrogens with zero attached hydrogens (tertiary/aromatic N) is 3. The smallest absolute Gasteiger partial charge is 0.252 e. The number of hydrogen-bond acceptors (Lipinski definition) is 3. The molecule has 0 aliphatic rings. The summed E-state index contributed by atoms with van der Waals surface area (Å²) in [6.45, 7) is 8.89. The number of H-pyrrole nitrogens is 1. The molecule has 130 valence electrons. The third-order valence-electron chi connectivity index (χ3n) is 4.44. The van der Waals surface area contributed by atoms with E-state index in [0.717, 1.165) is 29.1 Å². The maximum absolute atomic E-state index is 12.9. The number of carbonyl (C=O) groups excluding carboxylic acids is 1. The molecule has 2 N–H and O–H groups in total. The Hall–Kier alpha value is -2.89. The monoisotopic (exact) mass is 337 g/mol. The minimum atomic E-state index is -0.127. The van der Waals surface area contributed by atoms with Crippen LogP contribution in [0.25, 0.3) is 11.4 Å². The molecular weight excluding hydrogens is 314 g/mol. The number of carbonyl (C=O) groups is 1. The van der Waals surface area contributed by atoms with Crippen LogP contribution in [0.5, 0.6) is 0 Å². The quantitative estimate of drug-likeness (QED) is 0.749. The van der Waals surface area contributed by atoms with E-state index in [9.17, 15) is 4.79 Å². The van der Waals surface area contributed by atoms with E-state index in [1.165, 1.54) is 0 Å². The maximum Gasteiger partial charge on any atom is 0.252 e. The molecule has 1 atom stereocenters. The number of imidazole rings is 1. The van der Waals surface area contributed by atoms with Crippen molar-refractivity contribution in [2.75, 3.05) is 0 Å². The lowest BCUT2D eigenvalue weighted by molar-refractivity contribution is 0.0940. The van der Waals surface area contributed by atoms with Crippen LogP contribution in [0.2, 0.25) is 0 Å². The van der Waals surface area contributed by atoms with E-state index < -0.39 is 0 Å². The zero-order chi connectivity index (χ0) is 18.0. The first kappa shape index (κ1) is 17.0. The lowest BCUT2D eigenvalue weighted by atomic mass is 10.0. The Morgan fingerprint density at radius 2 is 2.08 bits per heavy atom. The molecule has 6 nitrogen and oxygen atoms in total. The van der Waals surface area contributed by atoms with E-state index in [-0.39, 0.29) is 11.9 Å². The molecule has 0 unspecified atom stereocenters. The van der Waals surface area contributed by atoms with Crippen LogP contribution >= 0.6 is 0 Å². The predicted molar refractivity (Wildman–Crippen MR) is 97.3 cm³/mol. The molecule has 1 amide bonds. The summed E-state index contributed by atoms with van der Waals surface area (Å²) >= 11 is 0. The molecular formula is C19H23N5O. The van der Waals surface area contributed by atoms with Crippen LogP contribution in [0.3, 0.4) is 0 Å². The van der Waals surface area contributed by atoms with Crippen molar-refractivity contribution in [1.82, 2.24) is 25.1 Å². The molecule has 6 heteroatoms. The van der Waals surface area contributed by atoms with Gasteiger partial charge in [-0.25, -0.2) is 4.98 Å². The molecule has 2 aromatic heterocycles. The van der Waals surface area contributed by atoms with Crippen molar-refractivity contribution in [1.29, 1.82) is 0 Å². The average molecular weight is 337 g/mol. The van der Waals surface area contributed by atoms with Crippen molar-refractivity contribution in [3.8, 4) is 11.4 Å². The molecule has 0 saturated carbocycles. The van der Waals surface area contributed by atoms with Crippen LogP contribution in [-0.2, 0) is 6.54 Å². The van der Waals surface area contributed by atoms with E-state index in [1.54, 1.807) is 12.4 Å². The Labute approximate surface area is 147 Å². The van der Waals surface area contributed by atoms with Crippen LogP contribution in [0.1, 0.15) is 47.2 Å². The highest BCUT2D eigenvalue weighted by Gasteiger charge is 2.21. The van der Waals surface area contributed by atoms with Crippen molar-refractivity contribution >= 4 is 5.91 Å². The normalized spacial score (nSPS) is 12.2. The highest BCUT2D eigenvalue weighted by Crippen LogP contribution is 2.24. The molecule has 0 bridgehead atoms. The summed E-state index contributed by atoms with van der Waals surface area (Å²) in [6, 6.07) is 7.34. The first-order chi connectivity index (χ1) is 12.0. The van der Waals surface area contributed by atoms with E-state index in [1.807, 2.05) is 49.7 Å². The third-order valence-corrected chi connectivity index (χ3v) is 4.44.